The first-order chi connectivity index (χ1) is 10.6. The normalized spacial score (nSPS) is 18.5. The van der Waals surface area contributed by atoms with Crippen molar-refractivity contribution >= 4 is 17.4 Å². The summed E-state index contributed by atoms with van der Waals surface area (Å²) in [6.45, 7) is 4.19. The van der Waals surface area contributed by atoms with E-state index in [1.54, 1.807) is 17.7 Å². The van der Waals surface area contributed by atoms with Gasteiger partial charge in [0.1, 0.15) is 12.2 Å². The van der Waals surface area contributed by atoms with E-state index in [0.29, 0.717) is 13.1 Å². The van der Waals surface area contributed by atoms with E-state index in [-0.39, 0.29) is 11.9 Å². The summed E-state index contributed by atoms with van der Waals surface area (Å²) in [6, 6.07) is 4.16. The molecule has 1 saturated heterocycles. The van der Waals surface area contributed by atoms with Crippen LogP contribution in [-0.4, -0.2) is 38.8 Å². The first kappa shape index (κ1) is 15.0. The van der Waals surface area contributed by atoms with Crippen LogP contribution in [0.25, 0.3) is 0 Å². The lowest BCUT2D eigenvalue weighted by atomic mass is 9.97. The Morgan fingerprint density at radius 1 is 1.50 bits per heavy atom. The molecular weight excluding hydrogens is 298 g/mol. The molecule has 0 unspecified atom stereocenters. The van der Waals surface area contributed by atoms with E-state index in [1.807, 2.05) is 16.5 Å². The summed E-state index contributed by atoms with van der Waals surface area (Å²) in [4.78, 5) is 16.7. The van der Waals surface area contributed by atoms with Gasteiger partial charge in [-0.2, -0.15) is 0 Å². The SMILES string of the molecule is Cc1ccc(CNC(=O)N2CCC[C@H](c3nncn3C)C2)s1. The number of nitrogens with one attached hydrogen (secondary N) is 1. The number of urea groups is 1. The van der Waals surface area contributed by atoms with Gasteiger partial charge in [0.05, 0.1) is 6.54 Å². The van der Waals surface area contributed by atoms with Gasteiger partial charge in [0.15, 0.2) is 0 Å². The number of aryl methyl sites for hydroxylation is 2. The van der Waals surface area contributed by atoms with Crippen molar-refractivity contribution in [3.63, 3.8) is 0 Å². The lowest BCUT2D eigenvalue weighted by Crippen LogP contribution is -2.45. The van der Waals surface area contributed by atoms with Gasteiger partial charge >= 0.3 is 6.03 Å². The van der Waals surface area contributed by atoms with Gasteiger partial charge in [-0.3, -0.25) is 0 Å². The highest BCUT2D eigenvalue weighted by Crippen LogP contribution is 2.25. The second-order valence-electron chi connectivity index (χ2n) is 5.76. The third-order valence-corrected chi connectivity index (χ3v) is 5.03. The number of hydrogen-bond acceptors (Lipinski definition) is 4. The van der Waals surface area contributed by atoms with E-state index in [9.17, 15) is 4.79 Å². The smallest absolute Gasteiger partial charge is 0.317 e. The van der Waals surface area contributed by atoms with Crippen molar-refractivity contribution in [2.75, 3.05) is 13.1 Å². The fraction of sp³-hybridized carbons (Fsp3) is 0.533. The van der Waals surface area contributed by atoms with Gasteiger partial charge in [0, 0.05) is 35.8 Å². The Balaban J connectivity index is 1.57. The van der Waals surface area contributed by atoms with Crippen LogP contribution in [0.15, 0.2) is 18.5 Å². The summed E-state index contributed by atoms with van der Waals surface area (Å²) in [5.74, 6) is 1.24. The predicted octanol–water partition coefficient (Wildman–Crippen LogP) is 2.27. The van der Waals surface area contributed by atoms with Gasteiger partial charge in [0.25, 0.3) is 0 Å². The molecule has 0 aromatic carbocycles. The average molecular weight is 319 g/mol. The minimum atomic E-state index is 0.0120. The number of thiophene rings is 1. The molecule has 118 valence electrons. The first-order valence-corrected chi connectivity index (χ1v) is 8.37. The number of aromatic nitrogens is 3. The maximum absolute atomic E-state index is 12.4. The molecule has 0 aliphatic carbocycles. The van der Waals surface area contributed by atoms with Gasteiger partial charge in [-0.1, -0.05) is 0 Å². The van der Waals surface area contributed by atoms with Crippen LogP contribution in [0.2, 0.25) is 0 Å². The van der Waals surface area contributed by atoms with Crippen LogP contribution in [0.4, 0.5) is 4.79 Å². The maximum atomic E-state index is 12.4. The molecule has 22 heavy (non-hydrogen) atoms. The van der Waals surface area contributed by atoms with Gasteiger partial charge in [0.2, 0.25) is 0 Å². The van der Waals surface area contributed by atoms with E-state index in [1.165, 1.54) is 9.75 Å². The van der Waals surface area contributed by atoms with Crippen LogP contribution in [0.5, 0.6) is 0 Å². The van der Waals surface area contributed by atoms with Gasteiger partial charge in [-0.15, -0.1) is 21.5 Å². The van der Waals surface area contributed by atoms with Crippen molar-refractivity contribution in [3.05, 3.63) is 34.0 Å². The number of hydrogen-bond donors (Lipinski definition) is 1. The molecular formula is C15H21N5OS. The fourth-order valence-corrected chi connectivity index (χ4v) is 3.72. The number of piperidine rings is 1. The summed E-state index contributed by atoms with van der Waals surface area (Å²) >= 11 is 1.72. The zero-order valence-corrected chi connectivity index (χ0v) is 13.8. The molecule has 1 atom stereocenters. The minimum Gasteiger partial charge on any atom is -0.333 e. The molecule has 3 heterocycles. The third-order valence-electron chi connectivity index (χ3n) is 4.03. The van der Waals surface area contributed by atoms with Crippen LogP contribution in [0.3, 0.4) is 0 Å². The highest BCUT2D eigenvalue weighted by Gasteiger charge is 2.27. The van der Waals surface area contributed by atoms with Crippen LogP contribution in [-0.2, 0) is 13.6 Å². The Kier molecular flexibility index (Phi) is 4.42. The molecule has 7 heteroatoms. The van der Waals surface area contributed by atoms with Gasteiger partial charge < -0.3 is 14.8 Å². The Bertz CT molecular complexity index is 650. The molecule has 6 nitrogen and oxygen atoms in total. The topological polar surface area (TPSA) is 63.1 Å². The quantitative estimate of drug-likeness (QED) is 0.944. The second-order valence-corrected chi connectivity index (χ2v) is 7.13. The summed E-state index contributed by atoms with van der Waals surface area (Å²) in [7, 11) is 1.95. The van der Waals surface area contributed by atoms with Gasteiger partial charge in [-0.05, 0) is 31.9 Å². The minimum absolute atomic E-state index is 0.0120. The van der Waals surface area contributed by atoms with Crippen LogP contribution >= 0.6 is 11.3 Å². The van der Waals surface area contributed by atoms with E-state index in [4.69, 9.17) is 0 Å². The highest BCUT2D eigenvalue weighted by molar-refractivity contribution is 7.11. The Morgan fingerprint density at radius 3 is 3.05 bits per heavy atom. The zero-order chi connectivity index (χ0) is 15.5. The number of carbonyl (C=O) groups excluding carboxylic acids is 1. The summed E-state index contributed by atoms with van der Waals surface area (Å²) in [6.07, 6.45) is 3.77. The average Bonchev–Trinajstić information content (AvgIpc) is 3.13. The Morgan fingerprint density at radius 2 is 2.36 bits per heavy atom. The Hall–Kier alpha value is -1.89. The lowest BCUT2D eigenvalue weighted by molar-refractivity contribution is 0.177. The highest BCUT2D eigenvalue weighted by atomic mass is 32.1. The molecule has 1 fully saturated rings. The van der Waals surface area contributed by atoms with Crippen molar-refractivity contribution in [3.8, 4) is 0 Å². The molecule has 2 amide bonds. The van der Waals surface area contributed by atoms with Crippen molar-refractivity contribution in [2.24, 2.45) is 7.05 Å². The number of likely N-dealkylation sites (tertiary alicyclic amines) is 1. The van der Waals surface area contributed by atoms with E-state index < -0.39 is 0 Å². The maximum Gasteiger partial charge on any atom is 0.317 e. The molecule has 1 aliphatic heterocycles. The molecule has 0 bridgehead atoms. The summed E-state index contributed by atoms with van der Waals surface area (Å²) in [5.41, 5.74) is 0. The number of carbonyl (C=O) groups is 1. The largest absolute Gasteiger partial charge is 0.333 e. The number of rotatable bonds is 3. The Labute approximate surface area is 134 Å². The molecule has 1 aliphatic rings. The fourth-order valence-electron chi connectivity index (χ4n) is 2.89. The predicted molar refractivity (Wildman–Crippen MR) is 85.8 cm³/mol. The van der Waals surface area contributed by atoms with E-state index >= 15 is 0 Å². The first-order valence-electron chi connectivity index (χ1n) is 7.55. The van der Waals surface area contributed by atoms with Crippen molar-refractivity contribution in [1.29, 1.82) is 0 Å². The standard InChI is InChI=1S/C15H21N5OS/c1-11-5-6-13(22-11)8-16-15(21)20-7-3-4-12(9-20)14-18-17-10-19(14)2/h5-6,10,12H,3-4,7-9H2,1-2H3,(H,16,21)/t12-/m0/s1. The molecule has 3 rings (SSSR count). The van der Waals surface area contributed by atoms with E-state index in [2.05, 4.69) is 34.6 Å². The van der Waals surface area contributed by atoms with Crippen molar-refractivity contribution in [1.82, 2.24) is 25.0 Å². The third kappa shape index (κ3) is 3.30. The zero-order valence-electron chi connectivity index (χ0n) is 13.0. The van der Waals surface area contributed by atoms with E-state index in [0.717, 1.165) is 25.2 Å². The molecule has 1 N–H and O–H groups in total. The van der Waals surface area contributed by atoms with Crippen LogP contribution in [0.1, 0.15) is 34.3 Å². The van der Waals surface area contributed by atoms with Crippen molar-refractivity contribution in [2.45, 2.75) is 32.2 Å². The summed E-state index contributed by atoms with van der Waals surface area (Å²) < 4.78 is 1.94. The number of nitrogens with zero attached hydrogens (tertiary/aromatic N) is 4. The summed E-state index contributed by atoms with van der Waals surface area (Å²) in [5, 5.41) is 11.1. The molecule has 2 aromatic heterocycles. The molecule has 0 spiro atoms. The molecule has 2 aromatic rings. The van der Waals surface area contributed by atoms with Crippen LogP contribution in [0, 0.1) is 6.92 Å². The monoisotopic (exact) mass is 319 g/mol. The molecule has 0 radical (unpaired) electrons. The number of amides is 2. The lowest BCUT2D eigenvalue weighted by Gasteiger charge is -2.32. The second kappa shape index (κ2) is 6.48. The molecule has 0 saturated carbocycles. The van der Waals surface area contributed by atoms with Crippen LogP contribution < -0.4 is 5.32 Å². The van der Waals surface area contributed by atoms with Crippen molar-refractivity contribution < 1.29 is 4.79 Å². The van der Waals surface area contributed by atoms with Gasteiger partial charge in [-0.25, -0.2) is 4.79 Å².